The van der Waals surface area contributed by atoms with E-state index in [1.54, 1.807) is 0 Å². The second-order valence-electron chi connectivity index (χ2n) is 20.3. The van der Waals surface area contributed by atoms with Crippen molar-refractivity contribution in [1.29, 1.82) is 0 Å². The van der Waals surface area contributed by atoms with Gasteiger partial charge in [-0.2, -0.15) is 0 Å². The summed E-state index contributed by atoms with van der Waals surface area (Å²) in [7, 11) is 0. The molecule has 5 heterocycles. The van der Waals surface area contributed by atoms with Gasteiger partial charge in [-0.15, -0.1) is 11.3 Å². The Morgan fingerprint density at radius 1 is 0.508 bits per heavy atom. The van der Waals surface area contributed by atoms with Crippen molar-refractivity contribution in [2.75, 3.05) is 9.80 Å². The first-order valence-corrected chi connectivity index (χ1v) is 23.7. The standard InChI is InChI=1S/C59H48BN3OS/c1-35-32-48-54-49(33-35)63-55-43(57-56(63)41-14-8-10-19-50(41)64-57)16-12-17-45(55)60(54)44-31-30-40(34-47(44)62(48)46-18-13-21-52-53(46)42-15-9-11-20-51(42)65-52)61(38-26-22-36(23-27-38)58(2,3)4)39-28-24-37(25-29-39)59(5,6)7/h8-34H,1-7H3. The lowest BCUT2D eigenvalue weighted by Gasteiger charge is -2.41. The first kappa shape index (κ1) is 38.4. The molecule has 0 saturated heterocycles. The van der Waals surface area contributed by atoms with Crippen LogP contribution in [-0.2, 0) is 10.8 Å². The van der Waals surface area contributed by atoms with Crippen LogP contribution in [0.1, 0.15) is 58.2 Å². The maximum absolute atomic E-state index is 6.77. The Bertz CT molecular complexity index is 3710. The van der Waals surface area contributed by atoms with E-state index in [0.29, 0.717) is 0 Å². The number of aromatic nitrogens is 1. The second-order valence-corrected chi connectivity index (χ2v) is 21.3. The Hall–Kier alpha value is -7.02. The minimum atomic E-state index is -0.00798. The van der Waals surface area contributed by atoms with Gasteiger partial charge in [-0.1, -0.05) is 120 Å². The van der Waals surface area contributed by atoms with Gasteiger partial charge in [0.2, 0.25) is 0 Å². The summed E-state index contributed by atoms with van der Waals surface area (Å²) in [6.07, 6.45) is 0. The highest BCUT2D eigenvalue weighted by Crippen LogP contribution is 2.49. The molecule has 0 radical (unpaired) electrons. The average Bonchev–Trinajstić information content (AvgIpc) is 3.97. The van der Waals surface area contributed by atoms with Crippen LogP contribution in [0.4, 0.5) is 34.1 Å². The molecule has 4 nitrogen and oxygen atoms in total. The fourth-order valence-electron chi connectivity index (χ4n) is 11.0. The van der Waals surface area contributed by atoms with Crippen LogP contribution in [0.2, 0.25) is 0 Å². The highest BCUT2D eigenvalue weighted by atomic mass is 32.1. The first-order valence-electron chi connectivity index (χ1n) is 22.9. The van der Waals surface area contributed by atoms with E-state index in [9.17, 15) is 0 Å². The molecule has 0 amide bonds. The molecule has 6 heteroatoms. The van der Waals surface area contributed by atoms with E-state index in [2.05, 4.69) is 227 Å². The predicted octanol–water partition coefficient (Wildman–Crippen LogP) is 14.9. The van der Waals surface area contributed by atoms with E-state index in [1.165, 1.54) is 81.5 Å². The largest absolute Gasteiger partial charge is 0.454 e. The van der Waals surface area contributed by atoms with Crippen LogP contribution in [0, 0.1) is 6.92 Å². The summed E-state index contributed by atoms with van der Waals surface area (Å²) < 4.78 is 11.9. The van der Waals surface area contributed by atoms with Gasteiger partial charge >= 0.3 is 0 Å². The Kier molecular flexibility index (Phi) is 7.99. The average molecular weight is 858 g/mol. The molecule has 65 heavy (non-hydrogen) atoms. The van der Waals surface area contributed by atoms with Crippen LogP contribution >= 0.6 is 11.3 Å². The van der Waals surface area contributed by atoms with Gasteiger partial charge in [0.15, 0.2) is 5.58 Å². The van der Waals surface area contributed by atoms with Crippen molar-refractivity contribution < 1.29 is 4.42 Å². The number of rotatable bonds is 4. The van der Waals surface area contributed by atoms with Crippen LogP contribution in [0.15, 0.2) is 168 Å². The third-order valence-corrected chi connectivity index (χ3v) is 15.3. The molecule has 2 aliphatic rings. The van der Waals surface area contributed by atoms with Crippen LogP contribution in [-0.4, -0.2) is 11.3 Å². The Balaban J connectivity index is 1.12. The summed E-state index contributed by atoms with van der Waals surface area (Å²) in [5, 5.41) is 4.86. The van der Waals surface area contributed by atoms with E-state index >= 15 is 0 Å². The van der Waals surface area contributed by atoms with Crippen molar-refractivity contribution in [2.45, 2.75) is 59.3 Å². The number of aryl methyl sites for hydroxylation is 1. The highest BCUT2D eigenvalue weighted by molar-refractivity contribution is 7.26. The molecule has 3 aromatic heterocycles. The van der Waals surface area contributed by atoms with Crippen molar-refractivity contribution in [3.8, 4) is 5.69 Å². The van der Waals surface area contributed by atoms with Crippen LogP contribution in [0.3, 0.4) is 0 Å². The summed E-state index contributed by atoms with van der Waals surface area (Å²) in [4.78, 5) is 5.05. The van der Waals surface area contributed by atoms with Crippen molar-refractivity contribution in [3.05, 3.63) is 180 Å². The van der Waals surface area contributed by atoms with Crippen LogP contribution in [0.5, 0.6) is 0 Å². The number of benzene rings is 8. The molecule has 0 spiro atoms. The molecule has 8 aromatic carbocycles. The summed E-state index contributed by atoms with van der Waals surface area (Å²) >= 11 is 1.88. The molecule has 11 aromatic rings. The number of hydrogen-bond acceptors (Lipinski definition) is 4. The minimum absolute atomic E-state index is 0.00798. The van der Waals surface area contributed by atoms with E-state index in [4.69, 9.17) is 4.42 Å². The molecule has 0 fully saturated rings. The maximum Gasteiger partial charge on any atom is 0.252 e. The van der Waals surface area contributed by atoms with Crippen molar-refractivity contribution in [1.82, 2.24) is 4.57 Å². The van der Waals surface area contributed by atoms with E-state index in [-0.39, 0.29) is 17.5 Å². The molecule has 0 atom stereocenters. The lowest BCUT2D eigenvalue weighted by atomic mass is 9.33. The second kappa shape index (κ2) is 13.5. The fraction of sp³-hybridized carbons (Fsp3) is 0.153. The fourth-order valence-corrected chi connectivity index (χ4v) is 12.2. The number of anilines is 6. The van der Waals surface area contributed by atoms with E-state index in [0.717, 1.165) is 44.5 Å². The summed E-state index contributed by atoms with van der Waals surface area (Å²) in [5.41, 5.74) is 20.3. The highest BCUT2D eigenvalue weighted by Gasteiger charge is 2.43. The number of furan rings is 1. The van der Waals surface area contributed by atoms with Gasteiger partial charge < -0.3 is 18.8 Å². The third-order valence-electron chi connectivity index (χ3n) is 14.1. The zero-order chi connectivity index (χ0) is 44.1. The Labute approximate surface area is 384 Å². The normalized spacial score (nSPS) is 13.4. The predicted molar refractivity (Wildman–Crippen MR) is 280 cm³/mol. The minimum Gasteiger partial charge on any atom is -0.454 e. The topological polar surface area (TPSA) is 24.6 Å². The Morgan fingerprint density at radius 2 is 1.12 bits per heavy atom. The molecule has 0 aliphatic carbocycles. The molecular weight excluding hydrogens is 810 g/mol. The third kappa shape index (κ3) is 5.56. The van der Waals surface area contributed by atoms with Gasteiger partial charge in [0.05, 0.1) is 11.2 Å². The maximum atomic E-state index is 6.77. The van der Waals surface area contributed by atoms with E-state index < -0.39 is 0 Å². The Morgan fingerprint density at radius 3 is 1.85 bits per heavy atom. The molecular formula is C59H48BN3OS. The van der Waals surface area contributed by atoms with Crippen LogP contribution < -0.4 is 26.2 Å². The quantitative estimate of drug-likeness (QED) is 0.165. The van der Waals surface area contributed by atoms with E-state index in [1.807, 2.05) is 11.3 Å². The molecule has 0 unspecified atom stereocenters. The molecule has 2 aliphatic heterocycles. The van der Waals surface area contributed by atoms with Gasteiger partial charge in [0, 0.05) is 65.1 Å². The molecule has 0 saturated carbocycles. The monoisotopic (exact) mass is 857 g/mol. The van der Waals surface area contributed by atoms with Gasteiger partial charge in [-0.05, 0) is 136 Å². The molecule has 13 rings (SSSR count). The van der Waals surface area contributed by atoms with Gasteiger partial charge in [0.25, 0.3) is 6.71 Å². The smallest absolute Gasteiger partial charge is 0.252 e. The molecule has 0 N–H and O–H groups in total. The van der Waals surface area contributed by atoms with Gasteiger partial charge in [0.1, 0.15) is 11.1 Å². The SMILES string of the molecule is Cc1cc2c3c(c1)-n1c4c(cccc4c4oc5ccccc5c41)B3c1ccc(N(c3ccc(C(C)(C)C)cc3)c3ccc(C(C)(C)C)cc3)cc1N2c1cccc2sc3ccccc3c12. The summed E-state index contributed by atoms with van der Waals surface area (Å²) in [5.74, 6) is 0. The van der Waals surface area contributed by atoms with Gasteiger partial charge in [-0.3, -0.25) is 0 Å². The number of hydrogen-bond donors (Lipinski definition) is 0. The number of thiophene rings is 1. The zero-order valence-electron chi connectivity index (χ0n) is 37.8. The summed E-state index contributed by atoms with van der Waals surface area (Å²) in [6, 6.07) is 61.6. The zero-order valence-corrected chi connectivity index (χ0v) is 38.6. The van der Waals surface area contributed by atoms with Crippen molar-refractivity contribution >= 4 is 122 Å². The number of para-hydroxylation sites is 2. The number of fused-ring (bicyclic) bond motifs is 12. The summed E-state index contributed by atoms with van der Waals surface area (Å²) in [6.45, 7) is 16.0. The van der Waals surface area contributed by atoms with Crippen molar-refractivity contribution in [2.24, 2.45) is 0 Å². The lowest BCUT2D eigenvalue weighted by molar-refractivity contribution is 0.590. The van der Waals surface area contributed by atoms with Crippen LogP contribution in [0.25, 0.3) is 58.8 Å². The van der Waals surface area contributed by atoms with Gasteiger partial charge in [-0.25, -0.2) is 0 Å². The first-order chi connectivity index (χ1) is 31.4. The molecule has 314 valence electrons. The van der Waals surface area contributed by atoms with Crippen molar-refractivity contribution in [3.63, 3.8) is 0 Å². The number of nitrogens with zero attached hydrogens (tertiary/aromatic N) is 3. The molecule has 0 bridgehead atoms. The lowest BCUT2D eigenvalue weighted by Crippen LogP contribution is -2.60.